The summed E-state index contributed by atoms with van der Waals surface area (Å²) in [5.41, 5.74) is 8.54. The van der Waals surface area contributed by atoms with Crippen molar-refractivity contribution in [3.05, 3.63) is 83.3 Å². The Labute approximate surface area is 168 Å². The molecule has 7 heteroatoms. The third kappa shape index (κ3) is 5.60. The van der Waals surface area contributed by atoms with Crippen LogP contribution in [-0.4, -0.2) is 19.1 Å². The number of allylic oxidation sites excluding steroid dienone is 1. The molecule has 0 aromatic heterocycles. The minimum Gasteiger partial charge on any atom is -0.496 e. The van der Waals surface area contributed by atoms with E-state index in [4.69, 9.17) is 10.5 Å². The first-order valence-corrected chi connectivity index (χ1v) is 9.83. The lowest BCUT2D eigenvalue weighted by atomic mass is 10.1. The van der Waals surface area contributed by atoms with Crippen molar-refractivity contribution in [2.75, 3.05) is 18.7 Å². The molecule has 0 bridgehead atoms. The summed E-state index contributed by atoms with van der Waals surface area (Å²) in [4.78, 5) is 4.24. The summed E-state index contributed by atoms with van der Waals surface area (Å²) in [6, 6.07) is 9.75. The first-order valence-electron chi connectivity index (χ1n) is 8.43. The lowest BCUT2D eigenvalue weighted by Gasteiger charge is -2.13. The van der Waals surface area contributed by atoms with E-state index >= 15 is 0 Å². The van der Waals surface area contributed by atoms with Gasteiger partial charge in [0.05, 0.1) is 7.11 Å². The van der Waals surface area contributed by atoms with E-state index < -0.39 is 11.6 Å². The average molecular weight is 403 g/mol. The summed E-state index contributed by atoms with van der Waals surface area (Å²) in [6.07, 6.45) is 2.82. The number of ether oxygens (including phenoxy) is 1. The number of nitrogens with one attached hydrogen (secondary N) is 1. The summed E-state index contributed by atoms with van der Waals surface area (Å²) in [6.45, 7) is 5.85. The van der Waals surface area contributed by atoms with Crippen LogP contribution in [0, 0.1) is 12.7 Å². The molecule has 0 saturated heterocycles. The molecule has 0 unspecified atom stereocenters. The zero-order valence-corrected chi connectivity index (χ0v) is 16.9. The molecule has 2 aromatic rings. The lowest BCUT2D eigenvalue weighted by molar-refractivity contribution is 0.410. The van der Waals surface area contributed by atoms with Gasteiger partial charge in [0.15, 0.2) is 5.83 Å². The molecule has 0 amide bonds. The predicted octanol–water partition coefficient (Wildman–Crippen LogP) is 5.15. The number of halogens is 2. The third-order valence-corrected chi connectivity index (χ3v) is 4.40. The van der Waals surface area contributed by atoms with Gasteiger partial charge in [0, 0.05) is 29.3 Å². The largest absolute Gasteiger partial charge is 0.496 e. The maximum atomic E-state index is 14.4. The standard InChI is InChI=1S/C21H23F2N3OS/c1-13-7-15(12-28-4)9-17(8-13)25-14(2)26-21(19(23)11-24)18-6-5-16(22)10-20(18)27-3/h5-11,25H,2,12,24H2,1,3-4H3/b19-11+,26-21-. The summed E-state index contributed by atoms with van der Waals surface area (Å²) < 4.78 is 33.0. The first kappa shape index (κ1) is 21.5. The van der Waals surface area contributed by atoms with Crippen molar-refractivity contribution in [1.82, 2.24) is 0 Å². The van der Waals surface area contributed by atoms with Crippen molar-refractivity contribution < 1.29 is 13.5 Å². The smallest absolute Gasteiger partial charge is 0.165 e. The van der Waals surface area contributed by atoms with Crippen LogP contribution in [0.1, 0.15) is 16.7 Å². The lowest BCUT2D eigenvalue weighted by Crippen LogP contribution is -2.09. The van der Waals surface area contributed by atoms with Gasteiger partial charge in [-0.15, -0.1) is 0 Å². The number of rotatable bonds is 8. The summed E-state index contributed by atoms with van der Waals surface area (Å²) in [5, 5.41) is 3.07. The molecule has 0 fully saturated rings. The van der Waals surface area contributed by atoms with E-state index in [0.29, 0.717) is 0 Å². The van der Waals surface area contributed by atoms with Crippen LogP contribution in [0.3, 0.4) is 0 Å². The average Bonchev–Trinajstić information content (AvgIpc) is 2.65. The maximum Gasteiger partial charge on any atom is 0.165 e. The number of nitrogens with two attached hydrogens (primary N) is 1. The highest BCUT2D eigenvalue weighted by atomic mass is 32.2. The fourth-order valence-corrected chi connectivity index (χ4v) is 3.20. The van der Waals surface area contributed by atoms with Gasteiger partial charge in [-0.3, -0.25) is 0 Å². The van der Waals surface area contributed by atoms with Gasteiger partial charge >= 0.3 is 0 Å². The number of aryl methyl sites for hydroxylation is 1. The maximum absolute atomic E-state index is 14.4. The molecule has 148 valence electrons. The number of aliphatic imine (C=N–C) groups is 1. The van der Waals surface area contributed by atoms with Crippen LogP contribution in [0.4, 0.5) is 14.5 Å². The van der Waals surface area contributed by atoms with E-state index in [-0.39, 0.29) is 22.8 Å². The molecular formula is C21H23F2N3OS. The van der Waals surface area contributed by atoms with Gasteiger partial charge in [0.1, 0.15) is 23.1 Å². The van der Waals surface area contributed by atoms with Crippen LogP contribution in [0.15, 0.2) is 65.8 Å². The molecular weight excluding hydrogens is 380 g/mol. The molecule has 0 saturated carbocycles. The second-order valence-corrected chi connectivity index (χ2v) is 6.90. The molecule has 2 aromatic carbocycles. The van der Waals surface area contributed by atoms with Crippen LogP contribution < -0.4 is 15.8 Å². The zero-order chi connectivity index (χ0) is 20.7. The third-order valence-electron chi connectivity index (χ3n) is 3.77. The normalized spacial score (nSPS) is 12.0. The minimum atomic E-state index is -0.778. The molecule has 0 heterocycles. The van der Waals surface area contributed by atoms with Crippen molar-refractivity contribution in [2.45, 2.75) is 12.7 Å². The predicted molar refractivity (Wildman–Crippen MR) is 114 cm³/mol. The minimum absolute atomic E-state index is 0.103. The Morgan fingerprint density at radius 3 is 2.71 bits per heavy atom. The Hall–Kier alpha value is -2.80. The van der Waals surface area contributed by atoms with E-state index in [9.17, 15) is 8.78 Å². The van der Waals surface area contributed by atoms with Crippen molar-refractivity contribution >= 4 is 23.2 Å². The van der Waals surface area contributed by atoms with Crippen LogP contribution in [-0.2, 0) is 5.75 Å². The monoisotopic (exact) mass is 403 g/mol. The Balaban J connectivity index is 2.39. The number of methoxy groups -OCH3 is 1. The van der Waals surface area contributed by atoms with Gasteiger partial charge in [0.2, 0.25) is 0 Å². The van der Waals surface area contributed by atoms with E-state index in [0.717, 1.165) is 34.8 Å². The van der Waals surface area contributed by atoms with Gasteiger partial charge < -0.3 is 15.8 Å². The van der Waals surface area contributed by atoms with Crippen LogP contribution in [0.2, 0.25) is 0 Å². The van der Waals surface area contributed by atoms with Crippen molar-refractivity contribution in [1.29, 1.82) is 0 Å². The molecule has 0 aliphatic carbocycles. The molecule has 0 aliphatic rings. The van der Waals surface area contributed by atoms with Crippen LogP contribution in [0.25, 0.3) is 0 Å². The van der Waals surface area contributed by atoms with Crippen molar-refractivity contribution in [3.8, 4) is 5.75 Å². The molecule has 2 rings (SSSR count). The van der Waals surface area contributed by atoms with Crippen LogP contribution >= 0.6 is 11.8 Å². The zero-order valence-electron chi connectivity index (χ0n) is 16.1. The number of anilines is 1. The molecule has 0 spiro atoms. The Morgan fingerprint density at radius 2 is 2.07 bits per heavy atom. The number of hydrogen-bond donors (Lipinski definition) is 2. The fourth-order valence-electron chi connectivity index (χ4n) is 2.70. The molecule has 3 N–H and O–H groups in total. The van der Waals surface area contributed by atoms with Gasteiger partial charge in [-0.2, -0.15) is 11.8 Å². The highest BCUT2D eigenvalue weighted by molar-refractivity contribution is 7.97. The van der Waals surface area contributed by atoms with Crippen molar-refractivity contribution in [2.24, 2.45) is 10.7 Å². The van der Waals surface area contributed by atoms with E-state index in [1.54, 1.807) is 11.8 Å². The molecule has 28 heavy (non-hydrogen) atoms. The second kappa shape index (κ2) is 9.94. The highest BCUT2D eigenvalue weighted by Crippen LogP contribution is 2.25. The van der Waals surface area contributed by atoms with Crippen molar-refractivity contribution in [3.63, 3.8) is 0 Å². The fraction of sp³-hybridized carbons (Fsp3) is 0.190. The summed E-state index contributed by atoms with van der Waals surface area (Å²) in [5.74, 6) is -0.0648. The summed E-state index contributed by atoms with van der Waals surface area (Å²) in [7, 11) is 1.37. The molecule has 4 nitrogen and oxygen atoms in total. The topological polar surface area (TPSA) is 59.6 Å². The van der Waals surface area contributed by atoms with Gasteiger partial charge in [0.25, 0.3) is 0 Å². The van der Waals surface area contributed by atoms with Gasteiger partial charge in [-0.05, 0) is 48.6 Å². The molecule has 0 radical (unpaired) electrons. The second-order valence-electron chi connectivity index (χ2n) is 6.03. The quantitative estimate of drug-likeness (QED) is 0.599. The Morgan fingerprint density at radius 1 is 1.32 bits per heavy atom. The molecule has 0 aliphatic heterocycles. The van der Waals surface area contributed by atoms with Crippen LogP contribution in [0.5, 0.6) is 5.75 Å². The van der Waals surface area contributed by atoms with E-state index in [2.05, 4.69) is 23.0 Å². The number of thioether (sulfide) groups is 1. The van der Waals surface area contributed by atoms with Gasteiger partial charge in [-0.25, -0.2) is 13.8 Å². The first-order chi connectivity index (χ1) is 13.4. The number of benzene rings is 2. The number of nitrogens with zero attached hydrogens (tertiary/aromatic N) is 1. The Kier molecular flexibility index (Phi) is 7.63. The van der Waals surface area contributed by atoms with E-state index in [1.165, 1.54) is 19.2 Å². The van der Waals surface area contributed by atoms with E-state index in [1.807, 2.05) is 25.3 Å². The van der Waals surface area contributed by atoms with Gasteiger partial charge in [-0.1, -0.05) is 12.6 Å². The highest BCUT2D eigenvalue weighted by Gasteiger charge is 2.16. The Bertz CT molecular complexity index is 926. The SMILES string of the molecule is C=C(/N=C(\C(F)=C/N)c1ccc(F)cc1OC)Nc1cc(C)cc(CSC)c1. The molecule has 0 atom stereocenters. The number of hydrogen-bond acceptors (Lipinski definition) is 5. The summed E-state index contributed by atoms with van der Waals surface area (Å²) >= 11 is 1.72.